The number of carbonyl (C=O) groups excluding carboxylic acids is 1. The minimum Gasteiger partial charge on any atom is -0.334 e. The zero-order valence-electron chi connectivity index (χ0n) is 15.1. The molecular formula is C17H23N5O3S2. The molecule has 146 valence electrons. The molecule has 3 rings (SSSR count). The first-order chi connectivity index (χ1) is 12.9. The van der Waals surface area contributed by atoms with E-state index in [0.717, 1.165) is 42.0 Å². The molecule has 10 heteroatoms. The fourth-order valence-corrected chi connectivity index (χ4v) is 4.28. The van der Waals surface area contributed by atoms with E-state index in [1.54, 1.807) is 16.7 Å². The topological polar surface area (TPSA) is 108 Å². The van der Waals surface area contributed by atoms with Crippen LogP contribution in [-0.4, -0.2) is 59.8 Å². The van der Waals surface area contributed by atoms with Crippen LogP contribution >= 0.6 is 11.8 Å². The van der Waals surface area contributed by atoms with Crippen molar-refractivity contribution in [3.05, 3.63) is 41.7 Å². The Labute approximate surface area is 163 Å². The van der Waals surface area contributed by atoms with E-state index in [9.17, 15) is 13.2 Å². The first-order valence-electron chi connectivity index (χ1n) is 8.75. The highest BCUT2D eigenvalue weighted by Gasteiger charge is 2.28. The molecule has 2 aromatic rings. The molecule has 0 saturated carbocycles. The second-order valence-corrected chi connectivity index (χ2v) is 9.34. The van der Waals surface area contributed by atoms with Gasteiger partial charge in [0, 0.05) is 30.4 Å². The number of likely N-dealkylation sites (tertiary alicyclic amines) is 1. The minimum absolute atomic E-state index is 0.0514. The number of nitrogens with zero attached hydrogens (tertiary/aromatic N) is 3. The third-order valence-corrected chi connectivity index (χ3v) is 6.08. The van der Waals surface area contributed by atoms with E-state index < -0.39 is 10.0 Å². The number of thioether (sulfide) groups is 1. The van der Waals surface area contributed by atoms with Crippen LogP contribution in [0.25, 0.3) is 0 Å². The third-order valence-electron chi connectivity index (χ3n) is 4.44. The van der Waals surface area contributed by atoms with Crippen molar-refractivity contribution in [2.75, 3.05) is 19.3 Å². The van der Waals surface area contributed by atoms with Gasteiger partial charge in [0.25, 0.3) is 5.91 Å². The smallest absolute Gasteiger partial charge is 0.254 e. The van der Waals surface area contributed by atoms with Crippen LogP contribution in [0.4, 0.5) is 0 Å². The van der Waals surface area contributed by atoms with Crippen molar-refractivity contribution in [2.24, 2.45) is 0 Å². The quantitative estimate of drug-likeness (QED) is 0.673. The molecule has 1 aromatic carbocycles. The lowest BCUT2D eigenvalue weighted by Gasteiger charge is -2.35. The summed E-state index contributed by atoms with van der Waals surface area (Å²) in [5.41, 5.74) is 1.71. The first-order valence-corrected chi connectivity index (χ1v) is 11.6. The molecule has 1 fully saturated rings. The summed E-state index contributed by atoms with van der Waals surface area (Å²) in [5.74, 6) is 0.679. The highest BCUT2D eigenvalue weighted by molar-refractivity contribution is 7.98. The van der Waals surface area contributed by atoms with Crippen LogP contribution in [0.2, 0.25) is 0 Å². The average molecular weight is 410 g/mol. The number of benzene rings is 1. The number of nitrogens with one attached hydrogen (secondary N) is 2. The van der Waals surface area contributed by atoms with Crippen molar-refractivity contribution in [3.8, 4) is 0 Å². The Morgan fingerprint density at radius 1 is 1.33 bits per heavy atom. The van der Waals surface area contributed by atoms with Gasteiger partial charge in [-0.25, -0.2) is 18.1 Å². The van der Waals surface area contributed by atoms with Gasteiger partial charge in [-0.2, -0.15) is 5.10 Å². The van der Waals surface area contributed by atoms with Gasteiger partial charge in [0.05, 0.1) is 6.26 Å². The van der Waals surface area contributed by atoms with E-state index in [4.69, 9.17) is 0 Å². The van der Waals surface area contributed by atoms with E-state index in [1.165, 1.54) is 6.33 Å². The monoisotopic (exact) mass is 409 g/mol. The van der Waals surface area contributed by atoms with Gasteiger partial charge in [-0.1, -0.05) is 23.9 Å². The Balaban J connectivity index is 1.62. The van der Waals surface area contributed by atoms with E-state index in [2.05, 4.69) is 19.9 Å². The zero-order valence-corrected chi connectivity index (χ0v) is 16.7. The van der Waals surface area contributed by atoms with Crippen molar-refractivity contribution in [3.63, 3.8) is 0 Å². The summed E-state index contributed by atoms with van der Waals surface area (Å²) in [6.45, 7) is 0.911. The highest BCUT2D eigenvalue weighted by atomic mass is 32.2. The number of sulfonamides is 1. The van der Waals surface area contributed by atoms with Crippen LogP contribution in [-0.2, 0) is 15.8 Å². The molecule has 1 aromatic heterocycles. The van der Waals surface area contributed by atoms with Gasteiger partial charge >= 0.3 is 0 Å². The molecule has 27 heavy (non-hydrogen) atoms. The molecule has 0 aliphatic carbocycles. The predicted molar refractivity (Wildman–Crippen MR) is 104 cm³/mol. The fraction of sp³-hybridized carbons (Fsp3) is 0.471. The zero-order chi connectivity index (χ0) is 19.3. The number of carbonyl (C=O) groups is 1. The normalized spacial score (nSPS) is 17.8. The maximum absolute atomic E-state index is 12.9. The Hall–Kier alpha value is -1.91. The SMILES string of the molecule is CS(=O)(=O)NCC1CCCCN1C(=O)c1ccc(CSc2ncn[nH]2)cc1. The molecule has 1 aliphatic rings. The molecule has 8 nitrogen and oxygen atoms in total. The Kier molecular flexibility index (Phi) is 6.51. The number of rotatable bonds is 7. The summed E-state index contributed by atoms with van der Waals surface area (Å²) in [5, 5.41) is 7.36. The van der Waals surface area contributed by atoms with Gasteiger partial charge in [0.1, 0.15) is 6.33 Å². The summed E-state index contributed by atoms with van der Waals surface area (Å²) in [7, 11) is -3.27. The molecule has 0 bridgehead atoms. The second-order valence-electron chi connectivity index (χ2n) is 6.55. The molecular weight excluding hydrogens is 386 g/mol. The highest BCUT2D eigenvalue weighted by Crippen LogP contribution is 2.22. The van der Waals surface area contributed by atoms with Crippen molar-refractivity contribution in [1.29, 1.82) is 0 Å². The lowest BCUT2D eigenvalue weighted by Crippen LogP contribution is -2.49. The number of piperidine rings is 1. The van der Waals surface area contributed by atoms with Crippen molar-refractivity contribution in [2.45, 2.75) is 36.2 Å². The molecule has 0 spiro atoms. The Morgan fingerprint density at radius 2 is 2.11 bits per heavy atom. The van der Waals surface area contributed by atoms with Gasteiger partial charge in [-0.15, -0.1) is 0 Å². The first kappa shape index (κ1) is 19.8. The summed E-state index contributed by atoms with van der Waals surface area (Å²) in [4.78, 5) is 18.8. The maximum atomic E-state index is 12.9. The van der Waals surface area contributed by atoms with Crippen LogP contribution in [0.3, 0.4) is 0 Å². The van der Waals surface area contributed by atoms with Crippen LogP contribution in [0.5, 0.6) is 0 Å². The van der Waals surface area contributed by atoms with Gasteiger partial charge in [0.15, 0.2) is 5.16 Å². The van der Waals surface area contributed by atoms with Crippen molar-refractivity contribution < 1.29 is 13.2 Å². The van der Waals surface area contributed by atoms with Crippen LogP contribution in [0, 0.1) is 0 Å². The number of amides is 1. The van der Waals surface area contributed by atoms with E-state index in [1.807, 2.05) is 24.3 Å². The molecule has 1 saturated heterocycles. The summed E-state index contributed by atoms with van der Waals surface area (Å²) >= 11 is 1.54. The fourth-order valence-electron chi connectivity index (χ4n) is 3.05. The lowest BCUT2D eigenvalue weighted by molar-refractivity contribution is 0.0619. The summed E-state index contributed by atoms with van der Waals surface area (Å²) in [6, 6.07) is 7.42. The molecule has 1 atom stereocenters. The second kappa shape index (κ2) is 8.85. The molecule has 1 aliphatic heterocycles. The van der Waals surface area contributed by atoms with Crippen LogP contribution in [0.1, 0.15) is 35.2 Å². The number of hydrogen-bond acceptors (Lipinski definition) is 6. The average Bonchev–Trinajstić information content (AvgIpc) is 3.18. The van der Waals surface area contributed by atoms with Crippen molar-refractivity contribution >= 4 is 27.7 Å². The Bertz CT molecular complexity index is 853. The minimum atomic E-state index is -3.27. The summed E-state index contributed by atoms with van der Waals surface area (Å²) < 4.78 is 25.3. The molecule has 0 radical (unpaired) electrons. The standard InChI is InChI=1S/C17H23N5O3S2/c1-27(24,25)20-10-15-4-2-3-9-22(15)16(23)14-7-5-13(6-8-14)11-26-17-18-12-19-21-17/h5-8,12,15,20H,2-4,9-11H2,1H3,(H,18,19,21). The number of H-pyrrole nitrogens is 1. The maximum Gasteiger partial charge on any atom is 0.254 e. The van der Waals surface area contributed by atoms with Gasteiger partial charge in [-0.3, -0.25) is 9.89 Å². The molecule has 2 N–H and O–H groups in total. The lowest BCUT2D eigenvalue weighted by atomic mass is 10.0. The van der Waals surface area contributed by atoms with E-state index >= 15 is 0 Å². The van der Waals surface area contributed by atoms with Gasteiger partial charge in [-0.05, 0) is 37.0 Å². The Morgan fingerprint density at radius 3 is 2.78 bits per heavy atom. The van der Waals surface area contributed by atoms with Gasteiger partial charge in [0.2, 0.25) is 10.0 Å². The van der Waals surface area contributed by atoms with E-state index in [-0.39, 0.29) is 18.5 Å². The van der Waals surface area contributed by atoms with Crippen molar-refractivity contribution in [1.82, 2.24) is 24.8 Å². The van der Waals surface area contributed by atoms with Crippen LogP contribution in [0.15, 0.2) is 35.7 Å². The largest absolute Gasteiger partial charge is 0.334 e. The van der Waals surface area contributed by atoms with Gasteiger partial charge < -0.3 is 4.90 Å². The number of aromatic amines is 1. The third kappa shape index (κ3) is 5.78. The molecule has 1 amide bonds. The predicted octanol–water partition coefficient (Wildman–Crippen LogP) is 1.64. The summed E-state index contributed by atoms with van der Waals surface area (Å²) in [6.07, 6.45) is 5.35. The van der Waals surface area contributed by atoms with Crippen LogP contribution < -0.4 is 4.72 Å². The number of hydrogen-bond donors (Lipinski definition) is 2. The molecule has 2 heterocycles. The number of aromatic nitrogens is 3. The van der Waals surface area contributed by atoms with E-state index in [0.29, 0.717) is 12.1 Å². The molecule has 1 unspecified atom stereocenters.